The first-order chi connectivity index (χ1) is 15.1. The van der Waals surface area contributed by atoms with Crippen molar-refractivity contribution in [2.75, 3.05) is 33.3 Å². The first-order valence-corrected chi connectivity index (χ1v) is 10.4. The van der Waals surface area contributed by atoms with Crippen molar-refractivity contribution < 1.29 is 14.3 Å². The third kappa shape index (κ3) is 4.33. The van der Waals surface area contributed by atoms with E-state index in [0.29, 0.717) is 48.0 Å². The van der Waals surface area contributed by atoms with Crippen molar-refractivity contribution in [1.82, 2.24) is 20.0 Å². The molecule has 0 spiro atoms. The van der Waals surface area contributed by atoms with Crippen LogP contribution in [0.4, 0.5) is 0 Å². The molecule has 1 amide bonds. The largest absolute Gasteiger partial charge is 0.468 e. The quantitative estimate of drug-likeness (QED) is 0.618. The van der Waals surface area contributed by atoms with Gasteiger partial charge in [0.1, 0.15) is 6.04 Å². The summed E-state index contributed by atoms with van der Waals surface area (Å²) in [4.78, 5) is 29.5. The Kier molecular flexibility index (Phi) is 6.34. The van der Waals surface area contributed by atoms with Crippen molar-refractivity contribution in [2.45, 2.75) is 6.04 Å². The number of piperazine rings is 1. The van der Waals surface area contributed by atoms with Gasteiger partial charge in [0.25, 0.3) is 5.91 Å². The predicted molar refractivity (Wildman–Crippen MR) is 118 cm³/mol. The van der Waals surface area contributed by atoms with Gasteiger partial charge in [0.15, 0.2) is 0 Å². The van der Waals surface area contributed by atoms with Crippen LogP contribution in [0.5, 0.6) is 0 Å². The monoisotopic (exact) mass is 438 g/mol. The molecule has 0 saturated carbocycles. The van der Waals surface area contributed by atoms with Crippen molar-refractivity contribution in [1.29, 1.82) is 0 Å². The average molecular weight is 439 g/mol. The molecule has 1 N–H and O–H groups in total. The fourth-order valence-corrected chi connectivity index (χ4v) is 4.15. The number of carbonyl (C=O) groups excluding carboxylic acids is 2. The number of aromatic nitrogens is 2. The minimum Gasteiger partial charge on any atom is -0.468 e. The lowest BCUT2D eigenvalue weighted by Gasteiger charge is -2.38. The van der Waals surface area contributed by atoms with Gasteiger partial charge >= 0.3 is 5.97 Å². The number of aromatic amines is 1. The van der Waals surface area contributed by atoms with Crippen molar-refractivity contribution in [2.24, 2.45) is 0 Å². The SMILES string of the molecule is COC(=O)C(c1ccccc1Cl)N1CCN(C(=O)c2cn[nH]c2-c2ccccc2)CC1. The number of nitrogens with one attached hydrogen (secondary N) is 1. The lowest BCUT2D eigenvalue weighted by Crippen LogP contribution is -2.51. The van der Waals surface area contributed by atoms with Gasteiger partial charge in [-0.1, -0.05) is 60.1 Å². The number of rotatable bonds is 5. The zero-order valence-electron chi connectivity index (χ0n) is 17.1. The minimum absolute atomic E-state index is 0.0837. The molecule has 2 heterocycles. The number of nitrogens with zero attached hydrogens (tertiary/aromatic N) is 3. The first kappa shape index (κ1) is 21.1. The van der Waals surface area contributed by atoms with Gasteiger partial charge in [0.05, 0.1) is 24.6 Å². The third-order valence-electron chi connectivity index (χ3n) is 5.52. The van der Waals surface area contributed by atoms with Gasteiger partial charge in [0, 0.05) is 36.8 Å². The maximum absolute atomic E-state index is 13.2. The van der Waals surface area contributed by atoms with E-state index in [1.807, 2.05) is 53.4 Å². The summed E-state index contributed by atoms with van der Waals surface area (Å²) in [6, 6.07) is 16.3. The van der Waals surface area contributed by atoms with E-state index in [-0.39, 0.29) is 11.9 Å². The van der Waals surface area contributed by atoms with Crippen LogP contribution in [0.1, 0.15) is 22.0 Å². The summed E-state index contributed by atoms with van der Waals surface area (Å²) in [6.07, 6.45) is 1.57. The Hall–Kier alpha value is -3.16. The van der Waals surface area contributed by atoms with Gasteiger partial charge in [-0.3, -0.25) is 14.8 Å². The molecular weight excluding hydrogens is 416 g/mol. The van der Waals surface area contributed by atoms with Crippen LogP contribution in [-0.4, -0.2) is 65.2 Å². The summed E-state index contributed by atoms with van der Waals surface area (Å²) in [5.74, 6) is -0.450. The molecule has 1 fully saturated rings. The molecule has 0 aliphatic carbocycles. The van der Waals surface area contributed by atoms with E-state index < -0.39 is 6.04 Å². The molecule has 1 aromatic heterocycles. The molecule has 160 valence electrons. The molecule has 1 aliphatic heterocycles. The van der Waals surface area contributed by atoms with Crippen molar-refractivity contribution in [3.05, 3.63) is 76.9 Å². The highest BCUT2D eigenvalue weighted by Crippen LogP contribution is 2.30. The normalized spacial score (nSPS) is 15.5. The highest BCUT2D eigenvalue weighted by atomic mass is 35.5. The van der Waals surface area contributed by atoms with Gasteiger partial charge in [-0.15, -0.1) is 0 Å². The highest BCUT2D eigenvalue weighted by molar-refractivity contribution is 6.31. The molecule has 1 aliphatic rings. The van der Waals surface area contributed by atoms with Crippen LogP contribution in [0.3, 0.4) is 0 Å². The number of carbonyl (C=O) groups is 2. The molecular formula is C23H23ClN4O3. The summed E-state index contributed by atoms with van der Waals surface area (Å²) < 4.78 is 5.04. The maximum atomic E-state index is 13.2. The van der Waals surface area contributed by atoms with Gasteiger partial charge < -0.3 is 9.64 Å². The lowest BCUT2D eigenvalue weighted by atomic mass is 10.0. The van der Waals surface area contributed by atoms with Crippen LogP contribution in [-0.2, 0) is 9.53 Å². The first-order valence-electron chi connectivity index (χ1n) is 10.0. The number of ether oxygens (including phenoxy) is 1. The van der Waals surface area contributed by atoms with Crippen LogP contribution >= 0.6 is 11.6 Å². The van der Waals surface area contributed by atoms with Gasteiger partial charge in [0.2, 0.25) is 0 Å². The Morgan fingerprint density at radius 1 is 1.03 bits per heavy atom. The topological polar surface area (TPSA) is 78.5 Å². The number of hydrogen-bond donors (Lipinski definition) is 1. The number of benzene rings is 2. The second kappa shape index (κ2) is 9.32. The third-order valence-corrected chi connectivity index (χ3v) is 5.87. The molecule has 1 unspecified atom stereocenters. The molecule has 1 saturated heterocycles. The zero-order valence-corrected chi connectivity index (χ0v) is 17.9. The highest BCUT2D eigenvalue weighted by Gasteiger charge is 2.34. The summed E-state index contributed by atoms with van der Waals surface area (Å²) in [7, 11) is 1.37. The second-order valence-corrected chi connectivity index (χ2v) is 7.71. The van der Waals surface area contributed by atoms with Gasteiger partial charge in [-0.2, -0.15) is 5.10 Å². The van der Waals surface area contributed by atoms with Crippen molar-refractivity contribution in [3.63, 3.8) is 0 Å². The van der Waals surface area contributed by atoms with Crippen LogP contribution in [0.15, 0.2) is 60.8 Å². The minimum atomic E-state index is -0.607. The van der Waals surface area contributed by atoms with Crippen LogP contribution in [0.2, 0.25) is 5.02 Å². The van der Waals surface area contributed by atoms with Crippen LogP contribution in [0.25, 0.3) is 11.3 Å². The second-order valence-electron chi connectivity index (χ2n) is 7.30. The van der Waals surface area contributed by atoms with E-state index in [9.17, 15) is 9.59 Å². The van der Waals surface area contributed by atoms with E-state index in [1.54, 1.807) is 17.2 Å². The summed E-state index contributed by atoms with van der Waals surface area (Å²) >= 11 is 6.35. The van der Waals surface area contributed by atoms with Gasteiger partial charge in [-0.25, -0.2) is 4.79 Å². The number of halogens is 1. The Morgan fingerprint density at radius 2 is 1.71 bits per heavy atom. The molecule has 8 heteroatoms. The number of methoxy groups -OCH3 is 1. The van der Waals surface area contributed by atoms with E-state index in [4.69, 9.17) is 16.3 Å². The molecule has 3 aromatic rings. The van der Waals surface area contributed by atoms with Crippen LogP contribution < -0.4 is 0 Å². The standard InChI is InChI=1S/C23H23ClN4O3/c1-31-23(30)21(17-9-5-6-10-19(17)24)27-11-13-28(14-12-27)22(29)18-15-25-26-20(18)16-7-3-2-4-8-16/h2-10,15,21H,11-14H2,1H3,(H,25,26). The molecule has 2 aromatic carbocycles. The fourth-order valence-electron chi connectivity index (χ4n) is 3.91. The Morgan fingerprint density at radius 3 is 2.39 bits per heavy atom. The number of hydrogen-bond acceptors (Lipinski definition) is 5. The number of H-pyrrole nitrogens is 1. The Labute approximate surface area is 185 Å². The Bertz CT molecular complexity index is 1060. The van der Waals surface area contributed by atoms with E-state index in [2.05, 4.69) is 10.2 Å². The van der Waals surface area contributed by atoms with E-state index in [0.717, 1.165) is 5.56 Å². The smallest absolute Gasteiger partial charge is 0.327 e. The van der Waals surface area contributed by atoms with Gasteiger partial charge in [-0.05, 0) is 11.6 Å². The number of esters is 1. The number of amides is 1. The Balaban J connectivity index is 1.50. The molecule has 0 radical (unpaired) electrons. The molecule has 4 rings (SSSR count). The maximum Gasteiger partial charge on any atom is 0.327 e. The van der Waals surface area contributed by atoms with E-state index in [1.165, 1.54) is 7.11 Å². The van der Waals surface area contributed by atoms with E-state index >= 15 is 0 Å². The fraction of sp³-hybridized carbons (Fsp3) is 0.261. The average Bonchev–Trinajstić information content (AvgIpc) is 3.31. The van der Waals surface area contributed by atoms with Crippen molar-refractivity contribution in [3.8, 4) is 11.3 Å². The summed E-state index contributed by atoms with van der Waals surface area (Å²) in [6.45, 7) is 2.01. The summed E-state index contributed by atoms with van der Waals surface area (Å²) in [5.41, 5.74) is 2.86. The molecule has 0 bridgehead atoms. The summed E-state index contributed by atoms with van der Waals surface area (Å²) in [5, 5.41) is 7.53. The molecule has 1 atom stereocenters. The predicted octanol–water partition coefficient (Wildman–Crippen LogP) is 3.40. The zero-order chi connectivity index (χ0) is 21.8. The van der Waals surface area contributed by atoms with Crippen LogP contribution in [0, 0.1) is 0 Å². The van der Waals surface area contributed by atoms with Crippen molar-refractivity contribution >= 4 is 23.5 Å². The molecule has 31 heavy (non-hydrogen) atoms. The lowest BCUT2D eigenvalue weighted by molar-refractivity contribution is -0.148. The molecule has 7 nitrogen and oxygen atoms in total.